The van der Waals surface area contributed by atoms with Crippen molar-refractivity contribution in [1.29, 1.82) is 0 Å². The van der Waals surface area contributed by atoms with Crippen LogP contribution in [0.5, 0.6) is 5.75 Å². The van der Waals surface area contributed by atoms with Crippen LogP contribution < -0.4 is 4.74 Å². The topological polar surface area (TPSA) is 76.1 Å². The van der Waals surface area contributed by atoms with Gasteiger partial charge in [0.05, 0.1) is 18.1 Å². The lowest BCUT2D eigenvalue weighted by molar-refractivity contribution is 0.146. The van der Waals surface area contributed by atoms with Gasteiger partial charge in [0.25, 0.3) is 0 Å². The summed E-state index contributed by atoms with van der Waals surface area (Å²) in [6.45, 7) is 3.07. The minimum absolute atomic E-state index is 0.0995. The Morgan fingerprint density at radius 1 is 1.14 bits per heavy atom. The van der Waals surface area contributed by atoms with Crippen LogP contribution in [0.2, 0.25) is 0 Å². The summed E-state index contributed by atoms with van der Waals surface area (Å²) in [4.78, 5) is 0.198. The molecule has 1 rings (SSSR count). The number of benzene rings is 1. The molecule has 0 fully saturated rings. The maximum Gasteiger partial charge on any atom is 0.243 e. The van der Waals surface area contributed by atoms with E-state index in [1.165, 1.54) is 16.4 Å². The molecule has 0 saturated heterocycles. The van der Waals surface area contributed by atoms with Crippen molar-refractivity contribution < 1.29 is 23.0 Å². The van der Waals surface area contributed by atoms with E-state index >= 15 is 0 Å². The molecule has 0 bridgehead atoms. The molecule has 0 radical (unpaired) electrons. The van der Waals surface area contributed by atoms with E-state index in [0.717, 1.165) is 0 Å². The first kappa shape index (κ1) is 17.9. The summed E-state index contributed by atoms with van der Waals surface area (Å²) in [5.41, 5.74) is 0. The second-order valence-corrected chi connectivity index (χ2v) is 6.38. The smallest absolute Gasteiger partial charge is 0.243 e. The molecule has 0 atom stereocenters. The van der Waals surface area contributed by atoms with Gasteiger partial charge in [-0.2, -0.15) is 4.31 Å². The van der Waals surface area contributed by atoms with Gasteiger partial charge >= 0.3 is 0 Å². The fraction of sp³-hybridized carbons (Fsp3) is 0.571. The predicted molar refractivity (Wildman–Crippen MR) is 79.9 cm³/mol. The van der Waals surface area contributed by atoms with Crippen molar-refractivity contribution in [1.82, 2.24) is 4.31 Å². The Kier molecular flexibility index (Phi) is 7.66. The zero-order valence-electron chi connectivity index (χ0n) is 12.5. The number of sulfonamides is 1. The fourth-order valence-electron chi connectivity index (χ4n) is 1.81. The van der Waals surface area contributed by atoms with Crippen molar-refractivity contribution in [3.63, 3.8) is 0 Å². The van der Waals surface area contributed by atoms with Crippen molar-refractivity contribution in [2.75, 3.05) is 40.0 Å². The second kappa shape index (κ2) is 8.99. The van der Waals surface area contributed by atoms with E-state index in [1.54, 1.807) is 19.2 Å². The lowest BCUT2D eigenvalue weighted by atomic mass is 10.3. The monoisotopic (exact) mass is 317 g/mol. The van der Waals surface area contributed by atoms with Crippen molar-refractivity contribution in [2.24, 2.45) is 0 Å². The number of rotatable bonds is 10. The molecule has 0 spiro atoms. The molecule has 1 N–H and O–H groups in total. The lowest BCUT2D eigenvalue weighted by Gasteiger charge is -2.20. The number of ether oxygens (including phenoxy) is 2. The third kappa shape index (κ3) is 5.28. The number of aliphatic hydroxyl groups excluding tert-OH is 1. The summed E-state index contributed by atoms with van der Waals surface area (Å²) < 4.78 is 36.4. The fourth-order valence-corrected chi connectivity index (χ4v) is 3.34. The molecule has 0 saturated carbocycles. The minimum Gasteiger partial charge on any atom is -0.491 e. The predicted octanol–water partition coefficient (Wildman–Crippen LogP) is 1.10. The minimum atomic E-state index is -3.57. The second-order valence-electron chi connectivity index (χ2n) is 4.44. The molecule has 0 aliphatic rings. The Hall–Kier alpha value is -1.15. The van der Waals surface area contributed by atoms with Gasteiger partial charge < -0.3 is 14.6 Å². The summed E-state index contributed by atoms with van der Waals surface area (Å²) in [7, 11) is -1.99. The molecule has 120 valence electrons. The van der Waals surface area contributed by atoms with Gasteiger partial charge in [-0.25, -0.2) is 8.42 Å². The molecule has 7 heteroatoms. The molecule has 0 amide bonds. The summed E-state index contributed by atoms with van der Waals surface area (Å²) in [6, 6.07) is 6.26. The highest BCUT2D eigenvalue weighted by molar-refractivity contribution is 7.89. The van der Waals surface area contributed by atoms with Crippen LogP contribution >= 0.6 is 0 Å². The molecule has 0 aromatic heterocycles. The first-order valence-corrected chi connectivity index (χ1v) is 8.33. The Morgan fingerprint density at radius 3 is 2.33 bits per heavy atom. The maximum absolute atomic E-state index is 12.4. The number of aliphatic hydroxyl groups is 1. The summed E-state index contributed by atoms with van der Waals surface area (Å²) >= 11 is 0. The normalized spacial score (nSPS) is 11.8. The van der Waals surface area contributed by atoms with E-state index in [9.17, 15) is 8.42 Å². The third-order valence-electron chi connectivity index (χ3n) is 2.84. The van der Waals surface area contributed by atoms with E-state index in [-0.39, 0.29) is 18.0 Å². The Morgan fingerprint density at radius 2 is 1.81 bits per heavy atom. The van der Waals surface area contributed by atoms with Crippen LogP contribution in [0.15, 0.2) is 29.2 Å². The molecule has 0 aliphatic heterocycles. The first-order chi connectivity index (χ1) is 10.1. The Labute approximate surface area is 126 Å². The summed E-state index contributed by atoms with van der Waals surface area (Å²) in [5.74, 6) is 0.593. The first-order valence-electron chi connectivity index (χ1n) is 6.89. The molecule has 1 aromatic rings. The standard InChI is InChI=1S/C14H23NO5S/c1-3-8-15(9-10-16)21(17,18)14-6-4-13(5-7-14)20-12-11-19-2/h4-7,16H,3,8-12H2,1-2H3. The highest BCUT2D eigenvalue weighted by Gasteiger charge is 2.23. The Bertz CT molecular complexity index is 495. The SMILES string of the molecule is CCCN(CCO)S(=O)(=O)c1ccc(OCCOC)cc1. The van der Waals surface area contributed by atoms with Crippen molar-refractivity contribution in [3.8, 4) is 5.75 Å². The highest BCUT2D eigenvalue weighted by Crippen LogP contribution is 2.19. The van der Waals surface area contributed by atoms with Gasteiger partial charge in [0.15, 0.2) is 0 Å². The number of hydrogen-bond donors (Lipinski definition) is 1. The number of nitrogens with zero attached hydrogens (tertiary/aromatic N) is 1. The van der Waals surface area contributed by atoms with E-state index in [4.69, 9.17) is 14.6 Å². The van der Waals surface area contributed by atoms with Gasteiger partial charge in [-0.05, 0) is 30.7 Å². The quantitative estimate of drug-likeness (QED) is 0.654. The zero-order valence-corrected chi connectivity index (χ0v) is 13.3. The largest absolute Gasteiger partial charge is 0.491 e. The zero-order chi connectivity index (χ0) is 15.7. The van der Waals surface area contributed by atoms with E-state index in [0.29, 0.717) is 31.9 Å². The summed E-state index contributed by atoms with van der Waals surface area (Å²) in [6.07, 6.45) is 0.692. The van der Waals surface area contributed by atoms with E-state index in [1.807, 2.05) is 6.92 Å². The Balaban J connectivity index is 2.82. The maximum atomic E-state index is 12.4. The molecular formula is C14H23NO5S. The van der Waals surface area contributed by atoms with E-state index in [2.05, 4.69) is 0 Å². The highest BCUT2D eigenvalue weighted by atomic mass is 32.2. The average Bonchev–Trinajstić information content (AvgIpc) is 2.48. The van der Waals surface area contributed by atoms with Gasteiger partial charge in [0.1, 0.15) is 12.4 Å². The van der Waals surface area contributed by atoms with Gasteiger partial charge in [0, 0.05) is 20.2 Å². The van der Waals surface area contributed by atoms with Crippen LogP contribution in [0.25, 0.3) is 0 Å². The molecule has 0 aliphatic carbocycles. The van der Waals surface area contributed by atoms with Crippen molar-refractivity contribution in [2.45, 2.75) is 18.2 Å². The van der Waals surface area contributed by atoms with Gasteiger partial charge in [-0.3, -0.25) is 0 Å². The van der Waals surface area contributed by atoms with Gasteiger partial charge in [-0.15, -0.1) is 0 Å². The summed E-state index contributed by atoms with van der Waals surface area (Å²) in [5, 5.41) is 9.00. The molecule has 1 aromatic carbocycles. The van der Waals surface area contributed by atoms with Crippen LogP contribution in [0, 0.1) is 0 Å². The third-order valence-corrected chi connectivity index (χ3v) is 4.75. The van der Waals surface area contributed by atoms with Crippen LogP contribution in [-0.4, -0.2) is 57.8 Å². The van der Waals surface area contributed by atoms with Crippen LogP contribution in [0.1, 0.15) is 13.3 Å². The van der Waals surface area contributed by atoms with Crippen LogP contribution in [-0.2, 0) is 14.8 Å². The molecule has 6 nitrogen and oxygen atoms in total. The molecule has 0 heterocycles. The van der Waals surface area contributed by atoms with Crippen molar-refractivity contribution >= 4 is 10.0 Å². The number of methoxy groups -OCH3 is 1. The van der Waals surface area contributed by atoms with Gasteiger partial charge in [-0.1, -0.05) is 6.92 Å². The van der Waals surface area contributed by atoms with Gasteiger partial charge in [0.2, 0.25) is 10.0 Å². The van der Waals surface area contributed by atoms with Crippen LogP contribution in [0.3, 0.4) is 0 Å². The van der Waals surface area contributed by atoms with Crippen LogP contribution in [0.4, 0.5) is 0 Å². The van der Waals surface area contributed by atoms with Crippen molar-refractivity contribution in [3.05, 3.63) is 24.3 Å². The molecular weight excluding hydrogens is 294 g/mol. The number of hydrogen-bond acceptors (Lipinski definition) is 5. The lowest BCUT2D eigenvalue weighted by Crippen LogP contribution is -2.34. The molecule has 21 heavy (non-hydrogen) atoms. The molecule has 0 unspecified atom stereocenters. The average molecular weight is 317 g/mol. The van der Waals surface area contributed by atoms with E-state index < -0.39 is 10.0 Å².